The molecular formula is C6H6O2. The molecule has 2 N–H and O–H groups in total. The van der Waals surface area contributed by atoms with Crippen LogP contribution < -0.4 is 0 Å². The van der Waals surface area contributed by atoms with Crippen LogP contribution in [-0.4, -0.2) is 11.6 Å². The van der Waals surface area contributed by atoms with Crippen LogP contribution in [0.5, 0.6) is 11.5 Å². The molecule has 1 aromatic carbocycles. The van der Waals surface area contributed by atoms with Crippen molar-refractivity contribution in [2.24, 2.45) is 0 Å². The second-order valence-electron chi connectivity index (χ2n) is 1.49. The van der Waals surface area contributed by atoms with Crippen LogP contribution in [0.15, 0.2) is 24.3 Å². The summed E-state index contributed by atoms with van der Waals surface area (Å²) < 4.78 is 6.43. The smallest absolute Gasteiger partial charge is 0.293 e. The molecule has 42 valence electrons. The zero-order valence-corrected chi connectivity index (χ0v) is 4.16. The van der Waals surface area contributed by atoms with Crippen molar-refractivity contribution in [2.45, 2.75) is 0 Å². The predicted molar refractivity (Wildman–Crippen MR) is 29.8 cm³/mol. The SMILES string of the molecule is [3H]Oc1ccc(O)cc1. The van der Waals surface area contributed by atoms with E-state index in [1.807, 2.05) is 0 Å². The third-order valence-electron chi connectivity index (χ3n) is 0.837. The highest BCUT2D eigenvalue weighted by molar-refractivity contribution is 5.28. The summed E-state index contributed by atoms with van der Waals surface area (Å²) in [5, 5.41) is 12.8. The van der Waals surface area contributed by atoms with Crippen molar-refractivity contribution in [3.63, 3.8) is 0 Å². The molecule has 0 aliphatic carbocycles. The largest absolute Gasteiger partial charge is 0.508 e. The van der Waals surface area contributed by atoms with E-state index >= 15 is 0 Å². The Balaban J connectivity index is 2.88. The predicted octanol–water partition coefficient (Wildman–Crippen LogP) is 1.10. The molecule has 0 unspecified atom stereocenters. The Morgan fingerprint density at radius 3 is 2.12 bits per heavy atom. The average Bonchev–Trinajstić information content (AvgIpc) is 1.90. The molecule has 0 aliphatic rings. The van der Waals surface area contributed by atoms with E-state index in [9.17, 15) is 0 Å². The molecule has 2 heteroatoms. The molecule has 2 nitrogen and oxygen atoms in total. The molecule has 0 amide bonds. The molecular weight excluding hydrogens is 104 g/mol. The highest BCUT2D eigenvalue weighted by Crippen LogP contribution is 2.13. The van der Waals surface area contributed by atoms with Crippen molar-refractivity contribution in [1.82, 2.24) is 0 Å². The standard InChI is InChI=1S/C6H6O2/c7-5-1-2-6(8)4-3-5/h1-4,7-8H/i/hT. The first kappa shape index (κ1) is 3.78. The molecule has 0 atom stereocenters. The number of aromatic hydroxyl groups is 2. The Morgan fingerprint density at radius 1 is 1.12 bits per heavy atom. The average molecular weight is 112 g/mol. The van der Waals surface area contributed by atoms with Crippen LogP contribution in [0.3, 0.4) is 0 Å². The van der Waals surface area contributed by atoms with Gasteiger partial charge in [-0.25, -0.2) is 0 Å². The second kappa shape index (κ2) is 1.74. The van der Waals surface area contributed by atoms with Gasteiger partial charge in [0, 0.05) is 0 Å². The molecule has 0 aromatic heterocycles. The van der Waals surface area contributed by atoms with E-state index in [1.54, 1.807) is 0 Å². The van der Waals surface area contributed by atoms with Crippen molar-refractivity contribution in [1.29, 1.82) is 1.43 Å². The first-order chi connectivity index (χ1) is 4.33. The Bertz CT molecular complexity index is 183. The summed E-state index contributed by atoms with van der Waals surface area (Å²) in [6, 6.07) is 5.96. The van der Waals surface area contributed by atoms with E-state index in [0.717, 1.165) is 0 Å². The van der Waals surface area contributed by atoms with Gasteiger partial charge in [0.1, 0.15) is 11.5 Å². The third-order valence-corrected chi connectivity index (χ3v) is 0.837. The van der Waals surface area contributed by atoms with Crippen molar-refractivity contribution < 1.29 is 10.2 Å². The first-order valence-electron chi connectivity index (χ1n) is 2.66. The summed E-state index contributed by atoms with van der Waals surface area (Å²) in [6.45, 7) is 0. The van der Waals surface area contributed by atoms with Gasteiger partial charge in [0.25, 0.3) is 1.43 Å². The third kappa shape index (κ3) is 0.904. The molecule has 0 aliphatic heterocycles. The van der Waals surface area contributed by atoms with Gasteiger partial charge >= 0.3 is 0 Å². The van der Waals surface area contributed by atoms with Gasteiger partial charge in [0.05, 0.1) is 0 Å². The summed E-state index contributed by atoms with van der Waals surface area (Å²) in [5.41, 5.74) is 0. The van der Waals surface area contributed by atoms with Gasteiger partial charge in [-0.05, 0) is 24.3 Å². The summed E-state index contributed by atoms with van der Waals surface area (Å²) >= 11 is 0. The number of hydrogen-bond donors (Lipinski definition) is 2. The van der Waals surface area contributed by atoms with E-state index in [0.29, 0.717) is 5.75 Å². The number of benzene rings is 1. The van der Waals surface area contributed by atoms with Gasteiger partial charge in [-0.15, -0.1) is 0 Å². The van der Waals surface area contributed by atoms with E-state index in [-0.39, 0.29) is 5.75 Å². The van der Waals surface area contributed by atoms with Crippen LogP contribution in [-0.2, 0) is 0 Å². The number of hydrogen-bond acceptors (Lipinski definition) is 2. The highest BCUT2D eigenvalue weighted by atomic mass is 16.3. The fourth-order valence-corrected chi connectivity index (χ4v) is 0.446. The van der Waals surface area contributed by atoms with Crippen molar-refractivity contribution in [3.05, 3.63) is 24.3 Å². The number of phenolic OH excluding ortho intramolecular Hbond substituents is 2. The van der Waals surface area contributed by atoms with Crippen LogP contribution in [0.4, 0.5) is 0 Å². The van der Waals surface area contributed by atoms with Crippen molar-refractivity contribution in [2.75, 3.05) is 0 Å². The molecule has 0 bridgehead atoms. The van der Waals surface area contributed by atoms with Gasteiger partial charge in [-0.1, -0.05) is 0 Å². The molecule has 1 aromatic rings. The molecule has 0 fully saturated rings. The molecule has 0 radical (unpaired) electrons. The van der Waals surface area contributed by atoms with E-state index in [1.165, 1.54) is 24.3 Å². The monoisotopic (exact) mass is 112 g/mol. The van der Waals surface area contributed by atoms with Crippen LogP contribution in [0.2, 0.25) is 0 Å². The fraction of sp³-hybridized carbons (Fsp3) is 0. The van der Waals surface area contributed by atoms with Crippen LogP contribution in [0.1, 0.15) is 0 Å². The maximum absolute atomic E-state index is 8.74. The van der Waals surface area contributed by atoms with E-state index < -0.39 is 0 Å². The topological polar surface area (TPSA) is 40.5 Å². The van der Waals surface area contributed by atoms with Crippen LogP contribution in [0.25, 0.3) is 0 Å². The van der Waals surface area contributed by atoms with Crippen molar-refractivity contribution >= 4 is 0 Å². The van der Waals surface area contributed by atoms with Crippen LogP contribution in [0, 0.1) is 0 Å². The lowest BCUT2D eigenvalue weighted by Gasteiger charge is -1.88. The fourth-order valence-electron chi connectivity index (χ4n) is 0.446. The summed E-state index contributed by atoms with van der Waals surface area (Å²) in [7, 11) is 0. The number of rotatable bonds is 1. The molecule has 0 saturated heterocycles. The highest BCUT2D eigenvalue weighted by Gasteiger charge is 1.84. The lowest BCUT2D eigenvalue weighted by molar-refractivity contribution is 0.460. The first-order valence-corrected chi connectivity index (χ1v) is 2.25. The van der Waals surface area contributed by atoms with Crippen molar-refractivity contribution in [3.8, 4) is 11.5 Å². The quantitative estimate of drug-likeness (QED) is 0.534. The summed E-state index contributed by atoms with van der Waals surface area (Å²) in [4.78, 5) is 0. The Morgan fingerprint density at radius 2 is 1.62 bits per heavy atom. The molecule has 0 heterocycles. The molecule has 0 spiro atoms. The van der Waals surface area contributed by atoms with Crippen LogP contribution >= 0.6 is 0 Å². The minimum atomic E-state index is 0.177. The zero-order chi connectivity index (χ0) is 6.69. The Labute approximate surface area is 48.5 Å². The lowest BCUT2D eigenvalue weighted by atomic mass is 10.3. The minimum absolute atomic E-state index is 0.177. The molecule has 1 rings (SSSR count). The zero-order valence-electron chi connectivity index (χ0n) is 5.16. The second-order valence-corrected chi connectivity index (χ2v) is 1.49. The van der Waals surface area contributed by atoms with E-state index in [4.69, 9.17) is 6.54 Å². The molecule has 8 heavy (non-hydrogen) atoms. The Hall–Kier alpha value is -1.18. The summed E-state index contributed by atoms with van der Waals surface area (Å²) in [6.07, 6.45) is 0. The number of phenols is 2. The lowest BCUT2D eigenvalue weighted by Crippen LogP contribution is -1.61. The summed E-state index contributed by atoms with van der Waals surface area (Å²) in [5.74, 6) is 0.601. The Kier molecular flexibility index (Phi) is 0.821. The van der Waals surface area contributed by atoms with Gasteiger partial charge in [-0.2, -0.15) is 0 Å². The molecule has 0 saturated carbocycles. The normalized spacial score (nSPS) is 10.2. The van der Waals surface area contributed by atoms with Gasteiger partial charge in [0.2, 0.25) is 0 Å². The van der Waals surface area contributed by atoms with Gasteiger partial charge < -0.3 is 10.2 Å². The minimum Gasteiger partial charge on any atom is -0.508 e. The maximum Gasteiger partial charge on any atom is 0.293 e. The maximum atomic E-state index is 8.74. The van der Waals surface area contributed by atoms with E-state index in [2.05, 4.69) is 5.11 Å². The van der Waals surface area contributed by atoms with Gasteiger partial charge in [0.15, 0.2) is 0 Å². The van der Waals surface area contributed by atoms with Gasteiger partial charge in [-0.3, -0.25) is 0 Å².